The van der Waals surface area contributed by atoms with Crippen LogP contribution in [0.4, 0.5) is 5.69 Å². The molecule has 24 heavy (non-hydrogen) atoms. The van der Waals surface area contributed by atoms with Crippen molar-refractivity contribution in [2.75, 3.05) is 11.9 Å². The van der Waals surface area contributed by atoms with Crippen molar-refractivity contribution in [3.8, 4) is 0 Å². The number of esters is 1. The maximum Gasteiger partial charge on any atom is 0.348 e. The molecule has 0 aliphatic rings. The fourth-order valence-corrected chi connectivity index (χ4v) is 3.43. The van der Waals surface area contributed by atoms with Crippen LogP contribution in [0.5, 0.6) is 0 Å². The number of rotatable bonds is 4. The molecule has 0 bridgehead atoms. The number of carbonyl (C=O) groups is 2. The molecule has 4 nitrogen and oxygen atoms in total. The van der Waals surface area contributed by atoms with Crippen LogP contribution >= 0.6 is 11.3 Å². The van der Waals surface area contributed by atoms with E-state index in [4.69, 9.17) is 4.74 Å². The van der Waals surface area contributed by atoms with Gasteiger partial charge in [-0.05, 0) is 42.5 Å². The highest BCUT2D eigenvalue weighted by atomic mass is 32.1. The summed E-state index contributed by atoms with van der Waals surface area (Å²) in [6.45, 7) is 3.54. The van der Waals surface area contributed by atoms with E-state index in [-0.39, 0.29) is 12.5 Å². The van der Waals surface area contributed by atoms with E-state index in [2.05, 4.69) is 5.32 Å². The largest absolute Gasteiger partial charge is 0.451 e. The van der Waals surface area contributed by atoms with Crippen molar-refractivity contribution in [2.24, 2.45) is 0 Å². The Morgan fingerprint density at radius 3 is 2.46 bits per heavy atom. The number of nitrogens with one attached hydrogen (secondary N) is 1. The Balaban J connectivity index is 1.62. The van der Waals surface area contributed by atoms with Crippen LogP contribution in [-0.2, 0) is 9.53 Å². The monoisotopic (exact) mass is 339 g/mol. The first-order valence-corrected chi connectivity index (χ1v) is 8.38. The highest BCUT2D eigenvalue weighted by molar-refractivity contribution is 7.20. The molecule has 0 unspecified atom stereocenters. The van der Waals surface area contributed by atoms with Gasteiger partial charge in [0.15, 0.2) is 6.61 Å². The molecule has 0 spiro atoms. The average molecular weight is 339 g/mol. The normalized spacial score (nSPS) is 10.6. The van der Waals surface area contributed by atoms with Crippen molar-refractivity contribution < 1.29 is 14.3 Å². The van der Waals surface area contributed by atoms with E-state index in [9.17, 15) is 9.59 Å². The standard InChI is InChI=1S/C19H17NO3S/c1-12-6-5-7-13(2)18(12)20-17(21)11-23-19(22)16-10-14-8-3-4-9-15(14)24-16/h3-10H,11H2,1-2H3,(H,20,21). The predicted molar refractivity (Wildman–Crippen MR) is 96.7 cm³/mol. The summed E-state index contributed by atoms with van der Waals surface area (Å²) in [7, 11) is 0. The van der Waals surface area contributed by atoms with E-state index in [0.717, 1.165) is 26.9 Å². The number of fused-ring (bicyclic) bond motifs is 1. The Kier molecular flexibility index (Phi) is 4.62. The molecule has 1 amide bonds. The van der Waals surface area contributed by atoms with Crippen LogP contribution in [0, 0.1) is 13.8 Å². The summed E-state index contributed by atoms with van der Waals surface area (Å²) in [6, 6.07) is 15.3. The molecule has 122 valence electrons. The van der Waals surface area contributed by atoms with Crippen molar-refractivity contribution in [3.63, 3.8) is 0 Å². The highest BCUT2D eigenvalue weighted by Gasteiger charge is 2.14. The smallest absolute Gasteiger partial charge is 0.348 e. The Labute approximate surface area is 144 Å². The van der Waals surface area contributed by atoms with Crippen LogP contribution in [0.15, 0.2) is 48.5 Å². The Morgan fingerprint density at radius 2 is 1.75 bits per heavy atom. The topological polar surface area (TPSA) is 55.4 Å². The van der Waals surface area contributed by atoms with Gasteiger partial charge in [-0.15, -0.1) is 11.3 Å². The van der Waals surface area contributed by atoms with Crippen LogP contribution in [0.3, 0.4) is 0 Å². The van der Waals surface area contributed by atoms with E-state index in [1.807, 2.05) is 56.3 Å². The van der Waals surface area contributed by atoms with Crippen LogP contribution in [-0.4, -0.2) is 18.5 Å². The number of thiophene rings is 1. The maximum atomic E-state index is 12.1. The number of ether oxygens (including phenoxy) is 1. The minimum atomic E-state index is -0.479. The van der Waals surface area contributed by atoms with E-state index >= 15 is 0 Å². The molecule has 1 heterocycles. The molecule has 1 N–H and O–H groups in total. The number of hydrogen-bond donors (Lipinski definition) is 1. The maximum absolute atomic E-state index is 12.1. The fourth-order valence-electron chi connectivity index (χ4n) is 2.47. The molecule has 3 rings (SSSR count). The summed E-state index contributed by atoms with van der Waals surface area (Å²) < 4.78 is 6.15. The zero-order valence-electron chi connectivity index (χ0n) is 13.5. The molecule has 3 aromatic rings. The summed E-state index contributed by atoms with van der Waals surface area (Å²) in [5, 5.41) is 3.79. The van der Waals surface area contributed by atoms with Gasteiger partial charge < -0.3 is 10.1 Å². The first-order valence-electron chi connectivity index (χ1n) is 7.56. The zero-order valence-corrected chi connectivity index (χ0v) is 14.3. The first kappa shape index (κ1) is 16.2. The lowest BCUT2D eigenvalue weighted by molar-refractivity contribution is -0.119. The second-order valence-corrected chi connectivity index (χ2v) is 6.62. The molecule has 0 aliphatic heterocycles. The lowest BCUT2D eigenvalue weighted by Crippen LogP contribution is -2.21. The fraction of sp³-hybridized carbons (Fsp3) is 0.158. The molecule has 5 heteroatoms. The zero-order chi connectivity index (χ0) is 17.1. The van der Waals surface area contributed by atoms with Crippen molar-refractivity contribution in [1.82, 2.24) is 0 Å². The number of hydrogen-bond acceptors (Lipinski definition) is 4. The minimum absolute atomic E-state index is 0.305. The van der Waals surface area contributed by atoms with Gasteiger partial charge in [0.05, 0.1) is 0 Å². The van der Waals surface area contributed by atoms with Crippen molar-refractivity contribution in [2.45, 2.75) is 13.8 Å². The van der Waals surface area contributed by atoms with E-state index in [0.29, 0.717) is 4.88 Å². The Bertz CT molecular complexity index is 861. The van der Waals surface area contributed by atoms with Crippen LogP contribution in [0.25, 0.3) is 10.1 Å². The third-order valence-corrected chi connectivity index (χ3v) is 4.80. The third-order valence-electron chi connectivity index (χ3n) is 3.71. The lowest BCUT2D eigenvalue weighted by atomic mass is 10.1. The number of benzene rings is 2. The Hall–Kier alpha value is -2.66. The molecule has 0 radical (unpaired) electrons. The second kappa shape index (κ2) is 6.84. The minimum Gasteiger partial charge on any atom is -0.451 e. The van der Waals surface area contributed by atoms with Gasteiger partial charge in [-0.25, -0.2) is 4.79 Å². The van der Waals surface area contributed by atoms with Gasteiger partial charge in [0.25, 0.3) is 5.91 Å². The van der Waals surface area contributed by atoms with Crippen LogP contribution in [0.2, 0.25) is 0 Å². The summed E-state index contributed by atoms with van der Waals surface area (Å²) in [5.74, 6) is -0.824. The first-order chi connectivity index (χ1) is 11.5. The van der Waals surface area contributed by atoms with Crippen LogP contribution < -0.4 is 5.32 Å². The molecular formula is C19H17NO3S. The van der Waals surface area contributed by atoms with Crippen molar-refractivity contribution in [3.05, 3.63) is 64.5 Å². The van der Waals surface area contributed by atoms with Gasteiger partial charge in [0.2, 0.25) is 0 Å². The SMILES string of the molecule is Cc1cccc(C)c1NC(=O)COC(=O)c1cc2ccccc2s1. The van der Waals surface area contributed by atoms with E-state index in [1.165, 1.54) is 11.3 Å². The molecule has 0 saturated carbocycles. The van der Waals surface area contributed by atoms with Gasteiger partial charge in [-0.2, -0.15) is 0 Å². The predicted octanol–water partition coefficient (Wildman–Crippen LogP) is 4.31. The quantitative estimate of drug-likeness (QED) is 0.721. The summed E-state index contributed by atoms with van der Waals surface area (Å²) in [6.07, 6.45) is 0. The van der Waals surface area contributed by atoms with E-state index in [1.54, 1.807) is 6.07 Å². The molecule has 0 saturated heterocycles. The van der Waals surface area contributed by atoms with E-state index < -0.39 is 5.97 Å². The van der Waals surface area contributed by atoms with Gasteiger partial charge in [-0.3, -0.25) is 4.79 Å². The second-order valence-electron chi connectivity index (χ2n) is 5.54. The third kappa shape index (κ3) is 3.46. The molecule has 2 aromatic carbocycles. The number of amides is 1. The molecular weight excluding hydrogens is 322 g/mol. The van der Waals surface area contributed by atoms with Crippen molar-refractivity contribution >= 4 is 39.0 Å². The summed E-state index contributed by atoms with van der Waals surface area (Å²) in [5.41, 5.74) is 2.71. The van der Waals surface area contributed by atoms with Gasteiger partial charge in [0.1, 0.15) is 4.88 Å². The van der Waals surface area contributed by atoms with Crippen molar-refractivity contribution in [1.29, 1.82) is 0 Å². The van der Waals surface area contributed by atoms with Gasteiger partial charge in [0, 0.05) is 10.4 Å². The average Bonchev–Trinajstić information content (AvgIpc) is 3.00. The summed E-state index contributed by atoms with van der Waals surface area (Å²) in [4.78, 5) is 24.6. The lowest BCUT2D eigenvalue weighted by Gasteiger charge is -2.11. The molecule has 0 fully saturated rings. The summed E-state index contributed by atoms with van der Waals surface area (Å²) >= 11 is 1.36. The highest BCUT2D eigenvalue weighted by Crippen LogP contribution is 2.25. The number of para-hydroxylation sites is 1. The van der Waals surface area contributed by atoms with Gasteiger partial charge >= 0.3 is 5.97 Å². The molecule has 0 atom stereocenters. The number of aryl methyl sites for hydroxylation is 2. The van der Waals surface area contributed by atoms with Crippen LogP contribution in [0.1, 0.15) is 20.8 Å². The Morgan fingerprint density at radius 1 is 1.04 bits per heavy atom. The number of anilines is 1. The molecule has 1 aromatic heterocycles. The van der Waals surface area contributed by atoms with Gasteiger partial charge in [-0.1, -0.05) is 36.4 Å². The number of carbonyl (C=O) groups excluding carboxylic acids is 2. The molecule has 0 aliphatic carbocycles.